The Morgan fingerprint density at radius 1 is 0.933 bits per heavy atom. The molecule has 1 saturated carbocycles. The highest BCUT2D eigenvalue weighted by molar-refractivity contribution is 5.76. The van der Waals surface area contributed by atoms with Gasteiger partial charge in [-0.1, -0.05) is 36.4 Å². The fraction of sp³-hybridized carbons (Fsp3) is 0.462. The van der Waals surface area contributed by atoms with Crippen molar-refractivity contribution in [2.75, 3.05) is 13.1 Å². The number of nitrogens with one attached hydrogen (secondary N) is 1. The lowest BCUT2D eigenvalue weighted by Crippen LogP contribution is -2.33. The van der Waals surface area contributed by atoms with Crippen molar-refractivity contribution in [1.82, 2.24) is 10.2 Å². The van der Waals surface area contributed by atoms with E-state index >= 15 is 0 Å². The molecule has 2 aromatic rings. The third-order valence-corrected chi connectivity index (χ3v) is 6.33. The van der Waals surface area contributed by atoms with Crippen LogP contribution in [-0.2, 0) is 24.2 Å². The molecule has 0 spiro atoms. The fourth-order valence-corrected chi connectivity index (χ4v) is 4.25. The number of likely N-dealkylation sites (tertiary alicyclic amines) is 1. The molecule has 156 valence electrons. The Labute approximate surface area is 179 Å². The smallest absolute Gasteiger partial charge is 0.220 e. The van der Waals surface area contributed by atoms with Crippen molar-refractivity contribution in [3.05, 3.63) is 70.8 Å². The van der Waals surface area contributed by atoms with Crippen LogP contribution in [0.25, 0.3) is 0 Å². The van der Waals surface area contributed by atoms with Crippen molar-refractivity contribution in [2.45, 2.75) is 57.5 Å². The number of nitrogens with zero attached hydrogens (tertiary/aromatic N) is 2. The number of aryl methyl sites for hydroxylation is 1. The molecule has 0 aromatic heterocycles. The first kappa shape index (κ1) is 20.6. The first-order valence-corrected chi connectivity index (χ1v) is 11.3. The van der Waals surface area contributed by atoms with Crippen LogP contribution in [0.4, 0.5) is 0 Å². The molecule has 1 aliphatic heterocycles. The lowest BCUT2D eigenvalue weighted by Gasteiger charge is -2.32. The van der Waals surface area contributed by atoms with Gasteiger partial charge in [0.05, 0.1) is 11.6 Å². The van der Waals surface area contributed by atoms with Crippen LogP contribution in [0, 0.1) is 17.2 Å². The normalized spacial score (nSPS) is 17.4. The Bertz CT molecular complexity index is 870. The molecule has 0 bridgehead atoms. The summed E-state index contributed by atoms with van der Waals surface area (Å²) in [4.78, 5) is 14.4. The van der Waals surface area contributed by atoms with E-state index in [2.05, 4.69) is 52.7 Å². The first-order valence-electron chi connectivity index (χ1n) is 11.3. The zero-order valence-electron chi connectivity index (χ0n) is 17.6. The minimum Gasteiger partial charge on any atom is -0.353 e. The van der Waals surface area contributed by atoms with Crippen LogP contribution in [0.3, 0.4) is 0 Å². The van der Waals surface area contributed by atoms with Gasteiger partial charge in [-0.3, -0.25) is 9.69 Å². The summed E-state index contributed by atoms with van der Waals surface area (Å²) in [5.74, 6) is 0.937. The van der Waals surface area contributed by atoms with Gasteiger partial charge >= 0.3 is 0 Å². The third kappa shape index (κ3) is 6.18. The van der Waals surface area contributed by atoms with Crippen molar-refractivity contribution in [2.24, 2.45) is 5.92 Å². The highest BCUT2D eigenvalue weighted by atomic mass is 16.1. The average molecular weight is 402 g/mol. The maximum atomic E-state index is 11.8. The van der Waals surface area contributed by atoms with Crippen LogP contribution in [0.5, 0.6) is 0 Å². The monoisotopic (exact) mass is 401 g/mol. The Balaban J connectivity index is 1.18. The Morgan fingerprint density at radius 3 is 2.20 bits per heavy atom. The summed E-state index contributed by atoms with van der Waals surface area (Å²) < 4.78 is 0. The lowest BCUT2D eigenvalue weighted by molar-refractivity contribution is -0.121. The SMILES string of the molecule is N#Cc1ccc(CN2CCC(Cc3ccc(CCC(=O)NC4CC4)cc3)CC2)cc1. The molecule has 0 atom stereocenters. The van der Waals surface area contributed by atoms with Gasteiger partial charge < -0.3 is 5.32 Å². The molecular formula is C26H31N3O. The topological polar surface area (TPSA) is 56.1 Å². The largest absolute Gasteiger partial charge is 0.353 e. The van der Waals surface area contributed by atoms with E-state index in [0.29, 0.717) is 12.5 Å². The third-order valence-electron chi connectivity index (χ3n) is 6.33. The van der Waals surface area contributed by atoms with Gasteiger partial charge in [0.2, 0.25) is 5.91 Å². The second-order valence-corrected chi connectivity index (χ2v) is 8.89. The molecule has 0 radical (unpaired) electrons. The summed E-state index contributed by atoms with van der Waals surface area (Å²) in [7, 11) is 0. The lowest BCUT2D eigenvalue weighted by atomic mass is 9.89. The number of piperidine rings is 1. The van der Waals surface area contributed by atoms with Crippen LogP contribution >= 0.6 is 0 Å². The minimum atomic E-state index is 0.189. The molecular weight excluding hydrogens is 370 g/mol. The molecule has 0 unspecified atom stereocenters. The maximum absolute atomic E-state index is 11.8. The maximum Gasteiger partial charge on any atom is 0.220 e. The van der Waals surface area contributed by atoms with Crippen molar-refractivity contribution >= 4 is 5.91 Å². The predicted molar refractivity (Wildman–Crippen MR) is 119 cm³/mol. The van der Waals surface area contributed by atoms with Crippen LogP contribution in [0.1, 0.15) is 54.4 Å². The second-order valence-electron chi connectivity index (χ2n) is 8.89. The number of carbonyl (C=O) groups is 1. The predicted octanol–water partition coefficient (Wildman–Crippen LogP) is 4.22. The number of amides is 1. The Hall–Kier alpha value is -2.64. The zero-order chi connectivity index (χ0) is 20.8. The Morgan fingerprint density at radius 2 is 1.57 bits per heavy atom. The minimum absolute atomic E-state index is 0.189. The van der Waals surface area contributed by atoms with E-state index in [9.17, 15) is 4.79 Å². The number of hydrogen-bond donors (Lipinski definition) is 1. The molecule has 1 N–H and O–H groups in total. The van der Waals surface area contributed by atoms with Crippen molar-refractivity contribution < 1.29 is 4.79 Å². The summed E-state index contributed by atoms with van der Waals surface area (Å²) in [6, 6.07) is 19.5. The summed E-state index contributed by atoms with van der Waals surface area (Å²) in [5, 5.41) is 12.0. The second kappa shape index (κ2) is 9.91. The molecule has 4 heteroatoms. The quantitative estimate of drug-likeness (QED) is 0.720. The molecule has 1 heterocycles. The summed E-state index contributed by atoms with van der Waals surface area (Å²) in [6.45, 7) is 3.25. The van der Waals surface area contributed by atoms with Gasteiger partial charge in [0.15, 0.2) is 0 Å². The van der Waals surface area contributed by atoms with E-state index < -0.39 is 0 Å². The highest BCUT2D eigenvalue weighted by Crippen LogP contribution is 2.23. The number of nitriles is 1. The van der Waals surface area contributed by atoms with Crippen molar-refractivity contribution in [1.29, 1.82) is 5.26 Å². The van der Waals surface area contributed by atoms with E-state index in [1.165, 1.54) is 29.5 Å². The van der Waals surface area contributed by atoms with Crippen LogP contribution in [0.2, 0.25) is 0 Å². The molecule has 1 aliphatic carbocycles. The van der Waals surface area contributed by atoms with E-state index in [4.69, 9.17) is 5.26 Å². The molecule has 30 heavy (non-hydrogen) atoms. The van der Waals surface area contributed by atoms with Gasteiger partial charge in [-0.15, -0.1) is 0 Å². The van der Waals surface area contributed by atoms with E-state index in [1.807, 2.05) is 12.1 Å². The summed E-state index contributed by atoms with van der Waals surface area (Å²) >= 11 is 0. The molecule has 4 nitrogen and oxygen atoms in total. The molecule has 2 aromatic carbocycles. The van der Waals surface area contributed by atoms with Crippen LogP contribution in [0.15, 0.2) is 48.5 Å². The van der Waals surface area contributed by atoms with Gasteiger partial charge in [0, 0.05) is 19.0 Å². The van der Waals surface area contributed by atoms with Crippen LogP contribution in [-0.4, -0.2) is 29.9 Å². The van der Waals surface area contributed by atoms with E-state index in [-0.39, 0.29) is 5.91 Å². The summed E-state index contributed by atoms with van der Waals surface area (Å²) in [5.41, 5.74) is 4.67. The number of carbonyl (C=O) groups excluding carboxylic acids is 1. The fourth-order valence-electron chi connectivity index (χ4n) is 4.25. The van der Waals surface area contributed by atoms with Gasteiger partial charge in [-0.2, -0.15) is 5.26 Å². The number of hydrogen-bond acceptors (Lipinski definition) is 3. The molecule has 2 fully saturated rings. The van der Waals surface area contributed by atoms with Crippen molar-refractivity contribution in [3.8, 4) is 6.07 Å². The number of rotatable bonds is 8. The molecule has 1 amide bonds. The molecule has 2 aliphatic rings. The summed E-state index contributed by atoms with van der Waals surface area (Å²) in [6.07, 6.45) is 7.33. The first-order chi connectivity index (χ1) is 14.7. The van der Waals surface area contributed by atoms with Crippen LogP contribution < -0.4 is 5.32 Å². The molecule has 1 saturated heterocycles. The Kier molecular flexibility index (Phi) is 6.81. The average Bonchev–Trinajstić information content (AvgIpc) is 3.59. The van der Waals surface area contributed by atoms with Gasteiger partial charge in [-0.25, -0.2) is 0 Å². The highest BCUT2D eigenvalue weighted by Gasteiger charge is 2.23. The number of benzene rings is 2. The van der Waals surface area contributed by atoms with Crippen molar-refractivity contribution in [3.63, 3.8) is 0 Å². The zero-order valence-corrected chi connectivity index (χ0v) is 17.6. The van der Waals surface area contributed by atoms with E-state index in [1.54, 1.807) is 0 Å². The van der Waals surface area contributed by atoms with Gasteiger partial charge in [0.1, 0.15) is 0 Å². The van der Waals surface area contributed by atoms with Gasteiger partial charge in [0.25, 0.3) is 0 Å². The van der Waals surface area contributed by atoms with Gasteiger partial charge in [-0.05, 0) is 86.4 Å². The molecule has 4 rings (SSSR count). The van der Waals surface area contributed by atoms with E-state index in [0.717, 1.165) is 56.8 Å². The standard InChI is InChI=1S/C26H31N3O/c27-18-23-5-7-24(8-6-23)19-29-15-13-22(14-16-29)17-21-3-1-20(2-4-21)9-12-26(30)28-25-10-11-25/h1-8,22,25H,9-17,19H2,(H,28,30).